The number of ether oxygens (including phenoxy) is 2. The molecule has 0 spiro atoms. The summed E-state index contributed by atoms with van der Waals surface area (Å²) in [7, 11) is 1.39. The molecule has 1 aromatic carbocycles. The molecular weight excluding hydrogens is 328 g/mol. The standard InChI is InChI=1S/C22H32O4/c1-14-12-17(26-21(2,3)4)20(24)19(16(14)13-18(23)25-7)15-8-10-22(5,6)11-9-15/h8,12,24H,9-11,13H2,1-7H3. The predicted molar refractivity (Wildman–Crippen MR) is 105 cm³/mol. The number of hydrogen-bond donors (Lipinski definition) is 1. The molecule has 0 radical (unpaired) electrons. The Morgan fingerprint density at radius 1 is 1.31 bits per heavy atom. The molecule has 0 aliphatic heterocycles. The van der Waals surface area contributed by atoms with Gasteiger partial charge in [0.15, 0.2) is 11.5 Å². The summed E-state index contributed by atoms with van der Waals surface area (Å²) in [5.74, 6) is 0.273. The van der Waals surface area contributed by atoms with Gasteiger partial charge in [0.1, 0.15) is 5.60 Å². The summed E-state index contributed by atoms with van der Waals surface area (Å²) >= 11 is 0. The first-order valence-corrected chi connectivity index (χ1v) is 9.24. The molecule has 0 unspecified atom stereocenters. The highest BCUT2D eigenvalue weighted by Gasteiger charge is 2.28. The Kier molecular flexibility index (Phi) is 5.74. The lowest BCUT2D eigenvalue weighted by Crippen LogP contribution is -2.23. The molecule has 26 heavy (non-hydrogen) atoms. The van der Waals surface area contributed by atoms with Gasteiger partial charge in [0, 0.05) is 5.56 Å². The molecule has 4 heteroatoms. The molecule has 0 aromatic heterocycles. The second-order valence-corrected chi connectivity index (χ2v) is 8.96. The lowest BCUT2D eigenvalue weighted by Gasteiger charge is -2.31. The van der Waals surface area contributed by atoms with Gasteiger partial charge in [-0.15, -0.1) is 0 Å². The van der Waals surface area contributed by atoms with Crippen LogP contribution in [0, 0.1) is 12.3 Å². The van der Waals surface area contributed by atoms with E-state index in [0.717, 1.165) is 41.5 Å². The van der Waals surface area contributed by atoms with Crippen molar-refractivity contribution in [2.45, 2.75) is 72.8 Å². The Morgan fingerprint density at radius 3 is 2.46 bits per heavy atom. The highest BCUT2D eigenvalue weighted by molar-refractivity contribution is 5.82. The average molecular weight is 360 g/mol. The Balaban J connectivity index is 2.60. The van der Waals surface area contributed by atoms with Gasteiger partial charge in [0.2, 0.25) is 0 Å². The van der Waals surface area contributed by atoms with Crippen molar-refractivity contribution in [2.24, 2.45) is 5.41 Å². The molecule has 4 nitrogen and oxygen atoms in total. The Morgan fingerprint density at radius 2 is 1.96 bits per heavy atom. The van der Waals surface area contributed by atoms with Crippen molar-refractivity contribution in [3.8, 4) is 11.5 Å². The Hall–Kier alpha value is -1.97. The van der Waals surface area contributed by atoms with E-state index in [9.17, 15) is 9.90 Å². The fourth-order valence-corrected chi connectivity index (χ4v) is 3.32. The summed E-state index contributed by atoms with van der Waals surface area (Å²) in [5, 5.41) is 11.0. The quantitative estimate of drug-likeness (QED) is 0.751. The van der Waals surface area contributed by atoms with Crippen molar-refractivity contribution >= 4 is 11.5 Å². The van der Waals surface area contributed by atoms with E-state index >= 15 is 0 Å². The maximum absolute atomic E-state index is 11.9. The number of benzene rings is 1. The Bertz CT molecular complexity index is 721. The van der Waals surface area contributed by atoms with Crippen LogP contribution in [-0.4, -0.2) is 23.8 Å². The van der Waals surface area contributed by atoms with Gasteiger partial charge in [-0.05, 0) is 75.1 Å². The third-order valence-electron chi connectivity index (χ3n) is 4.85. The van der Waals surface area contributed by atoms with Crippen molar-refractivity contribution in [2.75, 3.05) is 7.11 Å². The van der Waals surface area contributed by atoms with Gasteiger partial charge < -0.3 is 14.6 Å². The molecule has 0 fully saturated rings. The van der Waals surface area contributed by atoms with Crippen LogP contribution in [0.15, 0.2) is 12.1 Å². The molecule has 0 bridgehead atoms. The van der Waals surface area contributed by atoms with Crippen molar-refractivity contribution in [3.63, 3.8) is 0 Å². The van der Waals surface area contributed by atoms with Crippen LogP contribution >= 0.6 is 0 Å². The number of phenolic OH excluding ortho intramolecular Hbond substituents is 1. The number of hydrogen-bond acceptors (Lipinski definition) is 4. The van der Waals surface area contributed by atoms with Crippen LogP contribution in [0.3, 0.4) is 0 Å². The molecule has 0 saturated heterocycles. The van der Waals surface area contributed by atoms with Crippen LogP contribution < -0.4 is 4.74 Å². The number of methoxy groups -OCH3 is 1. The SMILES string of the molecule is COC(=O)Cc1c(C)cc(OC(C)(C)C)c(O)c1C1=CCC(C)(C)CC1. The summed E-state index contributed by atoms with van der Waals surface area (Å²) in [6, 6.07) is 1.82. The number of aryl methyl sites for hydroxylation is 1. The molecule has 0 amide bonds. The van der Waals surface area contributed by atoms with Crippen molar-refractivity contribution < 1.29 is 19.4 Å². The van der Waals surface area contributed by atoms with Crippen LogP contribution in [-0.2, 0) is 16.0 Å². The van der Waals surface area contributed by atoms with Crippen LogP contribution in [0.4, 0.5) is 0 Å². The maximum Gasteiger partial charge on any atom is 0.310 e. The van der Waals surface area contributed by atoms with Gasteiger partial charge in [-0.3, -0.25) is 4.79 Å². The van der Waals surface area contributed by atoms with Crippen LogP contribution in [0.5, 0.6) is 11.5 Å². The lowest BCUT2D eigenvalue weighted by atomic mass is 9.76. The van der Waals surface area contributed by atoms with Gasteiger partial charge in [-0.25, -0.2) is 0 Å². The molecule has 0 heterocycles. The number of carbonyl (C=O) groups excluding carboxylic acids is 1. The molecule has 0 atom stereocenters. The van der Waals surface area contributed by atoms with Crippen molar-refractivity contribution in [1.29, 1.82) is 0 Å². The normalized spacial score (nSPS) is 16.8. The first-order chi connectivity index (χ1) is 11.9. The van der Waals surface area contributed by atoms with Crippen LogP contribution in [0.1, 0.15) is 70.6 Å². The van der Waals surface area contributed by atoms with Gasteiger partial charge in [0.25, 0.3) is 0 Å². The highest BCUT2D eigenvalue weighted by Crippen LogP contribution is 2.46. The second-order valence-electron chi connectivity index (χ2n) is 8.96. The zero-order chi connectivity index (χ0) is 19.7. The van der Waals surface area contributed by atoms with E-state index in [1.165, 1.54) is 7.11 Å². The first-order valence-electron chi connectivity index (χ1n) is 9.24. The van der Waals surface area contributed by atoms with E-state index in [1.807, 2.05) is 33.8 Å². The van der Waals surface area contributed by atoms with Crippen molar-refractivity contribution in [3.05, 3.63) is 28.8 Å². The van der Waals surface area contributed by atoms with Gasteiger partial charge in [-0.1, -0.05) is 19.9 Å². The second kappa shape index (κ2) is 7.34. The number of esters is 1. The average Bonchev–Trinajstić information content (AvgIpc) is 2.51. The number of aromatic hydroxyl groups is 1. The van der Waals surface area contributed by atoms with Gasteiger partial charge in [0.05, 0.1) is 13.5 Å². The smallest absolute Gasteiger partial charge is 0.310 e. The van der Waals surface area contributed by atoms with E-state index in [2.05, 4.69) is 19.9 Å². The molecule has 2 rings (SSSR count). The third kappa shape index (κ3) is 4.80. The molecule has 0 saturated carbocycles. The molecule has 1 aromatic rings. The minimum absolute atomic E-state index is 0.121. The number of carbonyl (C=O) groups is 1. The van der Waals surface area contributed by atoms with Crippen LogP contribution in [0.2, 0.25) is 0 Å². The molecule has 1 N–H and O–H groups in total. The summed E-state index contributed by atoms with van der Waals surface area (Å²) < 4.78 is 10.8. The van der Waals surface area contributed by atoms with E-state index in [4.69, 9.17) is 9.47 Å². The number of phenols is 1. The topological polar surface area (TPSA) is 55.8 Å². The van der Waals surface area contributed by atoms with Crippen LogP contribution in [0.25, 0.3) is 5.57 Å². The fourth-order valence-electron chi connectivity index (χ4n) is 3.32. The lowest BCUT2D eigenvalue weighted by molar-refractivity contribution is -0.139. The molecular formula is C22H32O4. The molecule has 1 aliphatic rings. The number of rotatable bonds is 4. The minimum Gasteiger partial charge on any atom is -0.504 e. The zero-order valence-electron chi connectivity index (χ0n) is 17.2. The predicted octanol–water partition coefficient (Wildman–Crippen LogP) is 5.19. The Labute approximate surface area is 157 Å². The fraction of sp³-hybridized carbons (Fsp3) is 0.591. The highest BCUT2D eigenvalue weighted by atomic mass is 16.5. The summed E-state index contributed by atoms with van der Waals surface area (Å²) in [4.78, 5) is 11.9. The first kappa shape index (κ1) is 20.3. The molecule has 1 aliphatic carbocycles. The summed E-state index contributed by atoms with van der Waals surface area (Å²) in [6.07, 6.45) is 5.19. The van der Waals surface area contributed by atoms with E-state index in [1.54, 1.807) is 0 Å². The summed E-state index contributed by atoms with van der Waals surface area (Å²) in [6.45, 7) is 12.3. The van der Waals surface area contributed by atoms with E-state index < -0.39 is 5.60 Å². The number of allylic oxidation sites excluding steroid dienone is 2. The summed E-state index contributed by atoms with van der Waals surface area (Å²) in [5.41, 5.74) is 3.41. The molecule has 144 valence electrons. The third-order valence-corrected chi connectivity index (χ3v) is 4.85. The zero-order valence-corrected chi connectivity index (χ0v) is 17.2. The largest absolute Gasteiger partial charge is 0.504 e. The minimum atomic E-state index is -0.423. The van der Waals surface area contributed by atoms with E-state index in [0.29, 0.717) is 5.75 Å². The van der Waals surface area contributed by atoms with Gasteiger partial charge >= 0.3 is 5.97 Å². The maximum atomic E-state index is 11.9. The van der Waals surface area contributed by atoms with E-state index in [-0.39, 0.29) is 23.6 Å². The van der Waals surface area contributed by atoms with Gasteiger partial charge in [-0.2, -0.15) is 0 Å². The monoisotopic (exact) mass is 360 g/mol. The van der Waals surface area contributed by atoms with Crippen molar-refractivity contribution in [1.82, 2.24) is 0 Å².